The van der Waals surface area contributed by atoms with Crippen molar-refractivity contribution in [2.24, 2.45) is 5.73 Å². The van der Waals surface area contributed by atoms with Gasteiger partial charge in [-0.3, -0.25) is 4.79 Å². The largest absolute Gasteiger partial charge is 0.493 e. The van der Waals surface area contributed by atoms with Crippen molar-refractivity contribution in [3.8, 4) is 5.75 Å². The molecule has 1 aliphatic heterocycles. The van der Waals surface area contributed by atoms with E-state index in [1.54, 1.807) is 0 Å². The van der Waals surface area contributed by atoms with Gasteiger partial charge in [0.1, 0.15) is 11.9 Å². The average molecular weight is 250 g/mol. The van der Waals surface area contributed by atoms with Gasteiger partial charge < -0.3 is 20.9 Å². The highest BCUT2D eigenvalue weighted by molar-refractivity contribution is 5.76. The SMILES string of the molecule is NCCC(=O)NC1CCOc2ccccc2C1O. The number of aliphatic hydroxyl groups is 1. The zero-order valence-electron chi connectivity index (χ0n) is 10.1. The summed E-state index contributed by atoms with van der Waals surface area (Å²) < 4.78 is 5.55. The van der Waals surface area contributed by atoms with Crippen LogP contribution >= 0.6 is 0 Å². The van der Waals surface area contributed by atoms with Crippen LogP contribution in [0.5, 0.6) is 5.75 Å². The lowest BCUT2D eigenvalue weighted by Crippen LogP contribution is -2.40. The van der Waals surface area contributed by atoms with Gasteiger partial charge in [0.25, 0.3) is 0 Å². The zero-order chi connectivity index (χ0) is 13.0. The van der Waals surface area contributed by atoms with Gasteiger partial charge in [0.05, 0.1) is 12.6 Å². The Hall–Kier alpha value is -1.59. The quantitative estimate of drug-likeness (QED) is 0.722. The van der Waals surface area contributed by atoms with Crippen LogP contribution in [0.3, 0.4) is 0 Å². The molecule has 0 spiro atoms. The molecule has 2 unspecified atom stereocenters. The van der Waals surface area contributed by atoms with E-state index in [1.165, 1.54) is 0 Å². The zero-order valence-corrected chi connectivity index (χ0v) is 10.1. The van der Waals surface area contributed by atoms with E-state index in [9.17, 15) is 9.90 Å². The number of benzene rings is 1. The summed E-state index contributed by atoms with van der Waals surface area (Å²) >= 11 is 0. The van der Waals surface area contributed by atoms with Crippen molar-refractivity contribution in [1.29, 1.82) is 0 Å². The minimum absolute atomic E-state index is 0.138. The molecule has 1 aromatic rings. The van der Waals surface area contributed by atoms with Gasteiger partial charge in [0, 0.05) is 24.9 Å². The van der Waals surface area contributed by atoms with Gasteiger partial charge in [-0.25, -0.2) is 0 Å². The summed E-state index contributed by atoms with van der Waals surface area (Å²) in [5, 5.41) is 13.1. The van der Waals surface area contributed by atoms with E-state index >= 15 is 0 Å². The van der Waals surface area contributed by atoms with Crippen molar-refractivity contribution in [1.82, 2.24) is 5.32 Å². The highest BCUT2D eigenvalue weighted by atomic mass is 16.5. The fraction of sp³-hybridized carbons (Fsp3) is 0.462. The molecule has 5 nitrogen and oxygen atoms in total. The maximum atomic E-state index is 11.5. The van der Waals surface area contributed by atoms with Crippen molar-refractivity contribution in [3.05, 3.63) is 29.8 Å². The van der Waals surface area contributed by atoms with E-state index in [0.717, 1.165) is 0 Å². The lowest BCUT2D eigenvalue weighted by atomic mass is 10.00. The van der Waals surface area contributed by atoms with Crippen LogP contribution in [0.15, 0.2) is 24.3 Å². The lowest BCUT2D eigenvalue weighted by molar-refractivity contribution is -0.122. The molecular formula is C13H18N2O3. The van der Waals surface area contributed by atoms with Gasteiger partial charge in [0.2, 0.25) is 5.91 Å². The summed E-state index contributed by atoms with van der Waals surface area (Å²) in [5.74, 6) is 0.543. The first kappa shape index (κ1) is 12.9. The Bertz CT molecular complexity index is 422. The van der Waals surface area contributed by atoms with Crippen molar-refractivity contribution in [2.45, 2.75) is 25.0 Å². The number of carbonyl (C=O) groups excluding carboxylic acids is 1. The van der Waals surface area contributed by atoms with Crippen LogP contribution in [0, 0.1) is 0 Å². The monoisotopic (exact) mass is 250 g/mol. The Balaban J connectivity index is 2.12. The third kappa shape index (κ3) is 2.80. The van der Waals surface area contributed by atoms with Crippen molar-refractivity contribution >= 4 is 5.91 Å². The first-order valence-corrected chi connectivity index (χ1v) is 6.11. The van der Waals surface area contributed by atoms with Crippen molar-refractivity contribution in [2.75, 3.05) is 13.2 Å². The molecule has 2 atom stereocenters. The molecule has 0 fully saturated rings. The number of aliphatic hydroxyl groups excluding tert-OH is 1. The number of nitrogens with two attached hydrogens (primary N) is 1. The van der Waals surface area contributed by atoms with Gasteiger partial charge in [0.15, 0.2) is 0 Å². The fourth-order valence-corrected chi connectivity index (χ4v) is 2.09. The van der Waals surface area contributed by atoms with Crippen molar-refractivity contribution in [3.63, 3.8) is 0 Å². The van der Waals surface area contributed by atoms with Gasteiger partial charge in [-0.2, -0.15) is 0 Å². The van der Waals surface area contributed by atoms with E-state index in [4.69, 9.17) is 10.5 Å². The van der Waals surface area contributed by atoms with Gasteiger partial charge in [-0.1, -0.05) is 18.2 Å². The summed E-state index contributed by atoms with van der Waals surface area (Å²) in [5.41, 5.74) is 6.04. The molecule has 4 N–H and O–H groups in total. The van der Waals surface area contributed by atoms with Crippen LogP contribution in [0.25, 0.3) is 0 Å². The molecule has 5 heteroatoms. The van der Waals surface area contributed by atoms with E-state index in [2.05, 4.69) is 5.32 Å². The van der Waals surface area contributed by atoms with Crippen LogP contribution in [-0.2, 0) is 4.79 Å². The molecule has 0 aliphatic carbocycles. The van der Waals surface area contributed by atoms with Gasteiger partial charge >= 0.3 is 0 Å². The number of hydrogen-bond donors (Lipinski definition) is 3. The summed E-state index contributed by atoms with van der Waals surface area (Å²) in [4.78, 5) is 11.5. The molecule has 1 aliphatic rings. The Labute approximate surface area is 106 Å². The number of ether oxygens (including phenoxy) is 1. The number of nitrogens with one attached hydrogen (secondary N) is 1. The normalized spacial score (nSPS) is 22.6. The second-order valence-electron chi connectivity index (χ2n) is 4.33. The Morgan fingerprint density at radius 2 is 2.28 bits per heavy atom. The summed E-state index contributed by atoms with van der Waals surface area (Å²) in [6, 6.07) is 7.01. The van der Waals surface area contributed by atoms with Crippen LogP contribution < -0.4 is 15.8 Å². The molecule has 0 saturated carbocycles. The molecule has 1 amide bonds. The van der Waals surface area contributed by atoms with Crippen LogP contribution in [0.2, 0.25) is 0 Å². The molecule has 98 valence electrons. The molecule has 0 aromatic heterocycles. The van der Waals surface area contributed by atoms with E-state index < -0.39 is 6.10 Å². The Kier molecular flexibility index (Phi) is 4.17. The molecule has 0 saturated heterocycles. The molecule has 0 radical (unpaired) electrons. The molecule has 1 aromatic carbocycles. The van der Waals surface area contributed by atoms with Crippen LogP contribution in [0.4, 0.5) is 0 Å². The van der Waals surface area contributed by atoms with E-state index in [-0.39, 0.29) is 18.4 Å². The minimum atomic E-state index is -0.745. The predicted octanol–water partition coefficient (Wildman–Crippen LogP) is 0.336. The smallest absolute Gasteiger partial charge is 0.221 e. The summed E-state index contributed by atoms with van der Waals surface area (Å²) in [7, 11) is 0. The highest BCUT2D eigenvalue weighted by Crippen LogP contribution is 2.31. The Morgan fingerprint density at radius 3 is 3.06 bits per heavy atom. The van der Waals surface area contributed by atoms with E-state index in [1.807, 2.05) is 24.3 Å². The van der Waals surface area contributed by atoms with Crippen LogP contribution in [-0.4, -0.2) is 30.2 Å². The first-order chi connectivity index (χ1) is 8.72. The fourth-order valence-electron chi connectivity index (χ4n) is 2.09. The molecule has 1 heterocycles. The summed E-state index contributed by atoms with van der Waals surface area (Å²) in [6.07, 6.45) is 0.100. The highest BCUT2D eigenvalue weighted by Gasteiger charge is 2.27. The van der Waals surface area contributed by atoms with Gasteiger partial charge in [-0.15, -0.1) is 0 Å². The number of para-hydroxylation sites is 1. The maximum absolute atomic E-state index is 11.5. The second-order valence-corrected chi connectivity index (χ2v) is 4.33. The molecule has 2 rings (SSSR count). The summed E-state index contributed by atoms with van der Waals surface area (Å²) in [6.45, 7) is 0.781. The number of carbonyl (C=O) groups is 1. The topological polar surface area (TPSA) is 84.6 Å². The minimum Gasteiger partial charge on any atom is -0.493 e. The standard InChI is InChI=1S/C13H18N2O3/c14-7-5-12(16)15-10-6-8-18-11-4-2-1-3-9(11)13(10)17/h1-4,10,13,17H,5-8,14H2,(H,15,16). The maximum Gasteiger partial charge on any atom is 0.221 e. The first-order valence-electron chi connectivity index (χ1n) is 6.11. The molecular weight excluding hydrogens is 232 g/mol. The number of hydrogen-bond acceptors (Lipinski definition) is 4. The second kappa shape index (κ2) is 5.84. The van der Waals surface area contributed by atoms with E-state index in [0.29, 0.717) is 30.9 Å². The van der Waals surface area contributed by atoms with Crippen LogP contribution in [0.1, 0.15) is 24.5 Å². The Morgan fingerprint density at radius 1 is 1.50 bits per heavy atom. The number of rotatable bonds is 3. The lowest BCUT2D eigenvalue weighted by Gasteiger charge is -2.21. The number of fused-ring (bicyclic) bond motifs is 1. The number of amides is 1. The average Bonchev–Trinajstić information content (AvgIpc) is 2.51. The predicted molar refractivity (Wildman–Crippen MR) is 67.1 cm³/mol. The third-order valence-corrected chi connectivity index (χ3v) is 3.02. The van der Waals surface area contributed by atoms with Crippen molar-refractivity contribution < 1.29 is 14.6 Å². The molecule has 0 bridgehead atoms. The third-order valence-electron chi connectivity index (χ3n) is 3.02. The molecule has 18 heavy (non-hydrogen) atoms. The van der Waals surface area contributed by atoms with Gasteiger partial charge in [-0.05, 0) is 6.07 Å².